The Bertz CT molecular complexity index is 541. The van der Waals surface area contributed by atoms with E-state index in [1.807, 2.05) is 13.8 Å². The number of hydrogen-bond donors (Lipinski definition) is 2. The van der Waals surface area contributed by atoms with Crippen LogP contribution in [0.3, 0.4) is 0 Å². The van der Waals surface area contributed by atoms with Crippen molar-refractivity contribution in [2.75, 3.05) is 6.54 Å². The van der Waals surface area contributed by atoms with Crippen LogP contribution in [0.4, 0.5) is 5.69 Å². The number of amides is 1. The molecule has 124 valence electrons. The summed E-state index contributed by atoms with van der Waals surface area (Å²) >= 11 is 0. The first-order valence-corrected chi connectivity index (χ1v) is 7.41. The second-order valence-corrected chi connectivity index (χ2v) is 5.51. The van der Waals surface area contributed by atoms with Gasteiger partial charge in [0.25, 0.3) is 0 Å². The van der Waals surface area contributed by atoms with Gasteiger partial charge < -0.3 is 10.4 Å². The Morgan fingerprint density at radius 2 is 2.14 bits per heavy atom. The average molecular weight is 312 g/mol. The number of aliphatic hydroxyl groups is 1. The topological polar surface area (TPSA) is 110 Å². The number of aliphatic hydroxyl groups excluding tert-OH is 1. The lowest BCUT2D eigenvalue weighted by molar-refractivity contribution is -0.386. The summed E-state index contributed by atoms with van der Waals surface area (Å²) in [5.41, 5.74) is 0.776. The van der Waals surface area contributed by atoms with Crippen LogP contribution in [-0.4, -0.2) is 38.4 Å². The van der Waals surface area contributed by atoms with Gasteiger partial charge in [0.05, 0.1) is 17.6 Å². The quantitative estimate of drug-likeness (QED) is 0.555. The minimum Gasteiger partial charge on any atom is -0.391 e. The maximum absolute atomic E-state index is 11.8. The summed E-state index contributed by atoms with van der Waals surface area (Å²) in [6.45, 7) is 7.57. The normalized spacial score (nSPS) is 13.7. The molecule has 0 radical (unpaired) electrons. The summed E-state index contributed by atoms with van der Waals surface area (Å²) in [7, 11) is 0. The lowest BCUT2D eigenvalue weighted by Gasteiger charge is -2.17. The van der Waals surface area contributed by atoms with E-state index in [1.165, 1.54) is 4.68 Å². The molecule has 2 unspecified atom stereocenters. The molecule has 0 fully saturated rings. The molecule has 8 heteroatoms. The average Bonchev–Trinajstić information content (AvgIpc) is 2.75. The monoisotopic (exact) mass is 312 g/mol. The molecule has 8 nitrogen and oxygen atoms in total. The van der Waals surface area contributed by atoms with Crippen molar-refractivity contribution in [3.05, 3.63) is 21.5 Å². The lowest BCUT2D eigenvalue weighted by atomic mass is 10.0. The molecule has 0 bridgehead atoms. The van der Waals surface area contributed by atoms with E-state index >= 15 is 0 Å². The van der Waals surface area contributed by atoms with Crippen LogP contribution in [-0.2, 0) is 11.3 Å². The highest BCUT2D eigenvalue weighted by Gasteiger charge is 2.22. The first kappa shape index (κ1) is 18.1. The van der Waals surface area contributed by atoms with Gasteiger partial charge in [0, 0.05) is 13.0 Å². The van der Waals surface area contributed by atoms with Crippen LogP contribution in [0, 0.1) is 29.9 Å². The van der Waals surface area contributed by atoms with Crippen LogP contribution in [0.1, 0.15) is 38.1 Å². The van der Waals surface area contributed by atoms with Crippen molar-refractivity contribution in [1.29, 1.82) is 0 Å². The van der Waals surface area contributed by atoms with E-state index in [4.69, 9.17) is 0 Å². The molecule has 0 spiro atoms. The Morgan fingerprint density at radius 3 is 2.64 bits per heavy atom. The highest BCUT2D eigenvalue weighted by molar-refractivity contribution is 5.75. The summed E-state index contributed by atoms with van der Waals surface area (Å²) in [5.74, 6) is -0.0866. The second-order valence-electron chi connectivity index (χ2n) is 5.51. The fraction of sp³-hybridized carbons (Fsp3) is 0.714. The highest BCUT2D eigenvalue weighted by Crippen LogP contribution is 2.21. The molecular weight excluding hydrogens is 288 g/mol. The SMILES string of the molecule is CCC(C)C(O)CNC(=O)CCn1nc(C)c([N+](=O)[O-])c1C. The molecule has 0 aliphatic rings. The van der Waals surface area contributed by atoms with Crippen LogP contribution in [0.25, 0.3) is 0 Å². The maximum atomic E-state index is 11.8. The molecule has 1 amide bonds. The Morgan fingerprint density at radius 1 is 1.50 bits per heavy atom. The Balaban J connectivity index is 2.52. The zero-order chi connectivity index (χ0) is 16.9. The molecule has 2 atom stereocenters. The van der Waals surface area contributed by atoms with Gasteiger partial charge in [0.2, 0.25) is 5.91 Å². The summed E-state index contributed by atoms with van der Waals surface area (Å²) in [5, 5.41) is 27.5. The molecule has 2 N–H and O–H groups in total. The van der Waals surface area contributed by atoms with E-state index in [9.17, 15) is 20.0 Å². The van der Waals surface area contributed by atoms with Crippen molar-refractivity contribution in [1.82, 2.24) is 15.1 Å². The Labute approximate surface area is 129 Å². The molecular formula is C14H24N4O4. The fourth-order valence-electron chi connectivity index (χ4n) is 2.16. The van der Waals surface area contributed by atoms with Crippen molar-refractivity contribution < 1.29 is 14.8 Å². The van der Waals surface area contributed by atoms with Crippen molar-refractivity contribution in [2.45, 2.75) is 53.2 Å². The fourth-order valence-corrected chi connectivity index (χ4v) is 2.16. The Kier molecular flexibility index (Phi) is 6.48. The third kappa shape index (κ3) is 4.52. The highest BCUT2D eigenvalue weighted by atomic mass is 16.6. The van der Waals surface area contributed by atoms with Crippen molar-refractivity contribution in [2.24, 2.45) is 5.92 Å². The summed E-state index contributed by atoms with van der Waals surface area (Å²) < 4.78 is 1.47. The van der Waals surface area contributed by atoms with Gasteiger partial charge in [-0.05, 0) is 19.8 Å². The second kappa shape index (κ2) is 7.88. The summed E-state index contributed by atoms with van der Waals surface area (Å²) in [4.78, 5) is 22.2. The van der Waals surface area contributed by atoms with Gasteiger partial charge in [-0.3, -0.25) is 19.6 Å². The first-order valence-electron chi connectivity index (χ1n) is 7.41. The molecule has 1 rings (SSSR count). The van der Waals surface area contributed by atoms with Crippen LogP contribution >= 0.6 is 0 Å². The predicted molar refractivity (Wildman–Crippen MR) is 81.4 cm³/mol. The number of hydrogen-bond acceptors (Lipinski definition) is 5. The van der Waals surface area contributed by atoms with Crippen LogP contribution in [0.15, 0.2) is 0 Å². The van der Waals surface area contributed by atoms with Crippen LogP contribution in [0.5, 0.6) is 0 Å². The zero-order valence-corrected chi connectivity index (χ0v) is 13.5. The predicted octanol–water partition coefficient (Wildman–Crippen LogP) is 1.32. The molecule has 1 aromatic rings. The van der Waals surface area contributed by atoms with E-state index in [2.05, 4.69) is 10.4 Å². The number of nitro groups is 1. The molecule has 1 aromatic heterocycles. The van der Waals surface area contributed by atoms with E-state index in [0.717, 1.165) is 6.42 Å². The van der Waals surface area contributed by atoms with Gasteiger partial charge in [-0.25, -0.2) is 0 Å². The van der Waals surface area contributed by atoms with Gasteiger partial charge in [0.15, 0.2) is 0 Å². The van der Waals surface area contributed by atoms with E-state index in [1.54, 1.807) is 13.8 Å². The standard InChI is InChI=1S/C14H24N4O4/c1-5-9(2)12(19)8-15-13(20)6-7-17-11(4)14(18(21)22)10(3)16-17/h9,12,19H,5-8H2,1-4H3,(H,15,20). The van der Waals surface area contributed by atoms with Crippen molar-refractivity contribution in [3.8, 4) is 0 Å². The third-order valence-corrected chi connectivity index (χ3v) is 3.89. The van der Waals surface area contributed by atoms with E-state index in [-0.39, 0.29) is 37.0 Å². The molecule has 0 aliphatic carbocycles. The number of nitrogens with zero attached hydrogens (tertiary/aromatic N) is 3. The van der Waals surface area contributed by atoms with Gasteiger partial charge in [-0.1, -0.05) is 20.3 Å². The minimum absolute atomic E-state index is 0.00685. The molecule has 0 saturated carbocycles. The van der Waals surface area contributed by atoms with Gasteiger partial charge in [0.1, 0.15) is 11.4 Å². The molecule has 0 aliphatic heterocycles. The first-order chi connectivity index (χ1) is 10.3. The number of aryl methyl sites for hydroxylation is 2. The zero-order valence-electron chi connectivity index (χ0n) is 13.5. The van der Waals surface area contributed by atoms with E-state index < -0.39 is 11.0 Å². The molecule has 0 saturated heterocycles. The van der Waals surface area contributed by atoms with Crippen LogP contribution in [0.2, 0.25) is 0 Å². The largest absolute Gasteiger partial charge is 0.391 e. The number of rotatable bonds is 8. The van der Waals surface area contributed by atoms with E-state index in [0.29, 0.717) is 11.4 Å². The smallest absolute Gasteiger partial charge is 0.312 e. The summed E-state index contributed by atoms with van der Waals surface area (Å²) in [6.07, 6.45) is 0.433. The van der Waals surface area contributed by atoms with Crippen molar-refractivity contribution in [3.63, 3.8) is 0 Å². The summed E-state index contributed by atoms with van der Waals surface area (Å²) in [6, 6.07) is 0. The number of carbonyl (C=O) groups is 1. The molecule has 0 aromatic carbocycles. The van der Waals surface area contributed by atoms with Crippen LogP contribution < -0.4 is 5.32 Å². The number of nitrogens with one attached hydrogen (secondary N) is 1. The number of aromatic nitrogens is 2. The van der Waals surface area contributed by atoms with Gasteiger partial charge in [-0.2, -0.15) is 5.10 Å². The van der Waals surface area contributed by atoms with Gasteiger partial charge >= 0.3 is 5.69 Å². The minimum atomic E-state index is -0.566. The van der Waals surface area contributed by atoms with Gasteiger partial charge in [-0.15, -0.1) is 0 Å². The third-order valence-electron chi connectivity index (χ3n) is 3.89. The number of carbonyl (C=O) groups excluding carboxylic acids is 1. The Hall–Kier alpha value is -1.96. The van der Waals surface area contributed by atoms with Crippen molar-refractivity contribution >= 4 is 11.6 Å². The lowest BCUT2D eigenvalue weighted by Crippen LogP contribution is -2.35. The molecule has 22 heavy (non-hydrogen) atoms. The maximum Gasteiger partial charge on any atom is 0.312 e. The molecule has 1 heterocycles.